The van der Waals surface area contributed by atoms with Crippen LogP contribution < -0.4 is 5.32 Å². The van der Waals surface area contributed by atoms with E-state index < -0.39 is 11.6 Å². The van der Waals surface area contributed by atoms with Crippen molar-refractivity contribution in [1.29, 1.82) is 0 Å². The standard InChI is InChI=1S/C20H17NO3/c1-15(19(23)21-17-10-6-3-7-11-17)14-20(13-12-18(22)24-20)16-8-4-2-5-9-16/h2-13H,1,14H2,(H,21,23)/t20-/m1/s1. The molecule has 2 aromatic rings. The first-order valence-corrected chi connectivity index (χ1v) is 7.61. The molecule has 1 aliphatic heterocycles. The van der Waals surface area contributed by atoms with E-state index in [9.17, 15) is 9.59 Å². The maximum Gasteiger partial charge on any atom is 0.331 e. The van der Waals surface area contributed by atoms with Crippen LogP contribution in [0.15, 0.2) is 85.0 Å². The van der Waals surface area contributed by atoms with Crippen LogP contribution in [0.5, 0.6) is 0 Å². The molecule has 3 rings (SSSR count). The van der Waals surface area contributed by atoms with Crippen molar-refractivity contribution in [2.45, 2.75) is 12.0 Å². The number of ether oxygens (including phenoxy) is 1. The Labute approximate surface area is 140 Å². The molecule has 1 aliphatic rings. The number of hydrogen-bond donors (Lipinski definition) is 1. The summed E-state index contributed by atoms with van der Waals surface area (Å²) in [5.74, 6) is -0.719. The number of para-hydroxylation sites is 1. The number of nitrogens with one attached hydrogen (secondary N) is 1. The first-order valence-electron chi connectivity index (χ1n) is 7.61. The lowest BCUT2D eigenvalue weighted by Gasteiger charge is -2.27. The normalized spacial score (nSPS) is 18.9. The summed E-state index contributed by atoms with van der Waals surface area (Å²) in [5.41, 5.74) is 0.850. The Kier molecular flexibility index (Phi) is 4.29. The number of amides is 1. The summed E-state index contributed by atoms with van der Waals surface area (Å²) in [5, 5.41) is 2.79. The molecule has 2 aromatic carbocycles. The zero-order valence-corrected chi connectivity index (χ0v) is 13.1. The third-order valence-electron chi connectivity index (χ3n) is 3.86. The lowest BCUT2D eigenvalue weighted by molar-refractivity contribution is -0.146. The van der Waals surface area contributed by atoms with Gasteiger partial charge in [0.1, 0.15) is 0 Å². The summed E-state index contributed by atoms with van der Waals surface area (Å²) in [6, 6.07) is 18.5. The number of carbonyl (C=O) groups excluding carboxylic acids is 2. The molecular weight excluding hydrogens is 302 g/mol. The highest BCUT2D eigenvalue weighted by Crippen LogP contribution is 2.37. The summed E-state index contributed by atoms with van der Waals surface area (Å²) < 4.78 is 5.52. The molecule has 0 aromatic heterocycles. The van der Waals surface area contributed by atoms with Crippen molar-refractivity contribution in [3.8, 4) is 0 Å². The van der Waals surface area contributed by atoms with E-state index in [1.807, 2.05) is 48.5 Å². The van der Waals surface area contributed by atoms with E-state index in [0.717, 1.165) is 5.56 Å². The van der Waals surface area contributed by atoms with Crippen LogP contribution in [-0.4, -0.2) is 11.9 Å². The minimum absolute atomic E-state index is 0.192. The van der Waals surface area contributed by atoms with E-state index in [1.165, 1.54) is 6.08 Å². The van der Waals surface area contributed by atoms with Crippen molar-refractivity contribution in [2.24, 2.45) is 0 Å². The predicted molar refractivity (Wildman–Crippen MR) is 92.2 cm³/mol. The zero-order chi connectivity index (χ0) is 17.0. The minimum Gasteiger partial charge on any atom is -0.446 e. The number of benzene rings is 2. The van der Waals surface area contributed by atoms with Crippen LogP contribution in [0.25, 0.3) is 0 Å². The van der Waals surface area contributed by atoms with Gasteiger partial charge in [0.15, 0.2) is 5.60 Å². The van der Waals surface area contributed by atoms with Gasteiger partial charge < -0.3 is 10.1 Å². The van der Waals surface area contributed by atoms with Gasteiger partial charge >= 0.3 is 5.97 Å². The zero-order valence-electron chi connectivity index (χ0n) is 13.1. The Bertz CT molecular complexity index is 796. The van der Waals surface area contributed by atoms with E-state index >= 15 is 0 Å². The van der Waals surface area contributed by atoms with Crippen molar-refractivity contribution in [3.05, 3.63) is 90.5 Å². The molecule has 1 N–H and O–H groups in total. The Morgan fingerprint density at radius 1 is 1.04 bits per heavy atom. The van der Waals surface area contributed by atoms with Gasteiger partial charge in [0.05, 0.1) is 0 Å². The fraction of sp³-hybridized carbons (Fsp3) is 0.100. The van der Waals surface area contributed by atoms with E-state index in [0.29, 0.717) is 11.3 Å². The van der Waals surface area contributed by atoms with Gasteiger partial charge in [0.25, 0.3) is 5.91 Å². The van der Waals surface area contributed by atoms with Crippen LogP contribution >= 0.6 is 0 Å². The maximum absolute atomic E-state index is 12.4. The highest BCUT2D eigenvalue weighted by Gasteiger charge is 2.39. The summed E-state index contributed by atoms with van der Waals surface area (Å²) in [4.78, 5) is 24.0. The van der Waals surface area contributed by atoms with Gasteiger partial charge in [-0.2, -0.15) is 0 Å². The maximum atomic E-state index is 12.4. The van der Waals surface area contributed by atoms with Crippen molar-refractivity contribution < 1.29 is 14.3 Å². The van der Waals surface area contributed by atoms with E-state index in [2.05, 4.69) is 11.9 Å². The lowest BCUT2D eigenvalue weighted by atomic mass is 9.87. The van der Waals surface area contributed by atoms with Crippen LogP contribution in [0, 0.1) is 0 Å². The van der Waals surface area contributed by atoms with Gasteiger partial charge in [-0.05, 0) is 23.8 Å². The molecule has 24 heavy (non-hydrogen) atoms. The Hall–Kier alpha value is -3.14. The molecule has 0 fully saturated rings. The topological polar surface area (TPSA) is 55.4 Å². The largest absolute Gasteiger partial charge is 0.446 e. The number of hydrogen-bond acceptors (Lipinski definition) is 3. The summed E-state index contributed by atoms with van der Waals surface area (Å²) in [6.45, 7) is 3.87. The van der Waals surface area contributed by atoms with Crippen LogP contribution in [0.3, 0.4) is 0 Å². The summed E-state index contributed by atoms with van der Waals surface area (Å²) >= 11 is 0. The van der Waals surface area contributed by atoms with Gasteiger partial charge in [-0.3, -0.25) is 4.79 Å². The first-order chi connectivity index (χ1) is 11.6. The number of rotatable bonds is 5. The molecule has 0 radical (unpaired) electrons. The molecular formula is C20H17NO3. The molecule has 1 heterocycles. The second-order valence-corrected chi connectivity index (χ2v) is 5.61. The molecule has 1 amide bonds. The lowest BCUT2D eigenvalue weighted by Crippen LogP contribution is -2.29. The molecule has 120 valence electrons. The van der Waals surface area contributed by atoms with Crippen molar-refractivity contribution >= 4 is 17.6 Å². The second-order valence-electron chi connectivity index (χ2n) is 5.61. The number of esters is 1. The Morgan fingerprint density at radius 3 is 2.25 bits per heavy atom. The van der Waals surface area contributed by atoms with Crippen LogP contribution in [0.2, 0.25) is 0 Å². The predicted octanol–water partition coefficient (Wildman–Crippen LogP) is 3.58. The molecule has 0 unspecified atom stereocenters. The second kappa shape index (κ2) is 6.54. The van der Waals surface area contributed by atoms with Crippen molar-refractivity contribution in [2.75, 3.05) is 5.32 Å². The number of carbonyl (C=O) groups is 2. The highest BCUT2D eigenvalue weighted by molar-refractivity contribution is 6.03. The van der Waals surface area contributed by atoms with Gasteiger partial charge in [-0.15, -0.1) is 0 Å². The quantitative estimate of drug-likeness (QED) is 0.677. The molecule has 4 nitrogen and oxygen atoms in total. The van der Waals surface area contributed by atoms with E-state index in [1.54, 1.807) is 18.2 Å². The van der Waals surface area contributed by atoms with Crippen LogP contribution in [-0.2, 0) is 19.9 Å². The van der Waals surface area contributed by atoms with Gasteiger partial charge in [-0.1, -0.05) is 55.1 Å². The van der Waals surface area contributed by atoms with Crippen molar-refractivity contribution in [3.63, 3.8) is 0 Å². The Morgan fingerprint density at radius 2 is 1.67 bits per heavy atom. The summed E-state index contributed by atoms with van der Waals surface area (Å²) in [7, 11) is 0. The SMILES string of the molecule is C=C(C[C@@]1(c2ccccc2)C=CC(=O)O1)C(=O)Nc1ccccc1. The fourth-order valence-corrected chi connectivity index (χ4v) is 2.66. The average Bonchev–Trinajstić information content (AvgIpc) is 2.98. The van der Waals surface area contributed by atoms with Crippen molar-refractivity contribution in [1.82, 2.24) is 0 Å². The third kappa shape index (κ3) is 3.27. The average molecular weight is 319 g/mol. The Balaban J connectivity index is 1.79. The van der Waals surface area contributed by atoms with Gasteiger partial charge in [0.2, 0.25) is 0 Å². The van der Waals surface area contributed by atoms with E-state index in [-0.39, 0.29) is 12.3 Å². The number of anilines is 1. The minimum atomic E-state index is -0.983. The van der Waals surface area contributed by atoms with Crippen LogP contribution in [0.4, 0.5) is 5.69 Å². The smallest absolute Gasteiger partial charge is 0.331 e. The number of cyclic esters (lactones) is 1. The molecule has 0 saturated carbocycles. The molecule has 0 saturated heterocycles. The van der Waals surface area contributed by atoms with Gasteiger partial charge in [-0.25, -0.2) is 4.79 Å². The molecule has 0 aliphatic carbocycles. The summed E-state index contributed by atoms with van der Waals surface area (Å²) in [6.07, 6.45) is 3.26. The molecule has 0 bridgehead atoms. The fourth-order valence-electron chi connectivity index (χ4n) is 2.66. The van der Waals surface area contributed by atoms with Gasteiger partial charge in [0, 0.05) is 23.8 Å². The first kappa shape index (κ1) is 15.7. The molecule has 1 atom stereocenters. The van der Waals surface area contributed by atoms with Crippen LogP contribution in [0.1, 0.15) is 12.0 Å². The third-order valence-corrected chi connectivity index (χ3v) is 3.86. The monoisotopic (exact) mass is 319 g/mol. The highest BCUT2D eigenvalue weighted by atomic mass is 16.6. The molecule has 0 spiro atoms. The molecule has 4 heteroatoms. The van der Waals surface area contributed by atoms with E-state index in [4.69, 9.17) is 4.74 Å².